The molecular weight excluding hydrogens is 524 g/mol. The Morgan fingerprint density at radius 2 is 1.55 bits per heavy atom. The quantitative estimate of drug-likeness (QED) is 0.271. The fourth-order valence-corrected chi connectivity index (χ4v) is 5.73. The Kier molecular flexibility index (Phi) is 8.69. The first kappa shape index (κ1) is 28.5. The van der Waals surface area contributed by atoms with Crippen LogP contribution in [0.25, 0.3) is 0 Å². The number of fused-ring (bicyclic) bond motifs is 1. The van der Waals surface area contributed by atoms with Gasteiger partial charge in [-0.15, -0.1) is 0 Å². The third-order valence-electron chi connectivity index (χ3n) is 7.96. The molecule has 3 aromatic carbocycles. The number of carbonyl (C=O) groups is 1. The van der Waals surface area contributed by atoms with E-state index in [0.29, 0.717) is 18.4 Å². The molecule has 212 valence electrons. The molecule has 0 aromatic heterocycles. The van der Waals surface area contributed by atoms with Crippen LogP contribution in [0.1, 0.15) is 37.5 Å². The maximum Gasteiger partial charge on any atom is 0.345 e. The first-order valence-corrected chi connectivity index (χ1v) is 14.5. The predicted octanol–water partition coefficient (Wildman–Crippen LogP) is 5.81. The van der Waals surface area contributed by atoms with E-state index in [1.54, 1.807) is 0 Å². The Morgan fingerprint density at radius 1 is 0.950 bits per heavy atom. The summed E-state index contributed by atoms with van der Waals surface area (Å²) in [5, 5.41) is 14.2. The van der Waals surface area contributed by atoms with Crippen molar-refractivity contribution in [3.05, 3.63) is 94.5 Å². The fraction of sp³-hybridized carbons (Fsp3) is 0.424. The molecule has 0 bridgehead atoms. The molecule has 1 heterocycles. The van der Waals surface area contributed by atoms with Gasteiger partial charge in [0.25, 0.3) is 0 Å². The summed E-state index contributed by atoms with van der Waals surface area (Å²) in [5.41, 5.74) is 3.40. The second-order valence-corrected chi connectivity index (χ2v) is 12.5. The van der Waals surface area contributed by atoms with Gasteiger partial charge in [-0.05, 0) is 70.3 Å². The monoisotopic (exact) mass is 562 g/mol. The minimum Gasteiger partial charge on any atom is -0.492 e. The number of aliphatic carboxylic acids is 1. The number of piperidine rings is 1. The Labute approximate surface area is 242 Å². The van der Waals surface area contributed by atoms with Gasteiger partial charge in [0, 0.05) is 43.7 Å². The maximum absolute atomic E-state index is 11.9. The smallest absolute Gasteiger partial charge is 0.345 e. The molecule has 5 rings (SSSR count). The van der Waals surface area contributed by atoms with Crippen LogP contribution in [0.3, 0.4) is 0 Å². The van der Waals surface area contributed by atoms with Crippen LogP contribution in [-0.4, -0.2) is 54.4 Å². The van der Waals surface area contributed by atoms with Gasteiger partial charge in [0.1, 0.15) is 18.1 Å². The highest BCUT2D eigenvalue weighted by atomic mass is 35.5. The van der Waals surface area contributed by atoms with Crippen molar-refractivity contribution in [2.75, 3.05) is 26.2 Å². The van der Waals surface area contributed by atoms with E-state index in [1.165, 1.54) is 11.1 Å². The number of ether oxygens (including phenoxy) is 2. The number of halogens is 1. The highest BCUT2D eigenvalue weighted by Gasteiger charge is 2.55. The number of nitrogens with zero attached hydrogens (tertiary/aromatic N) is 1. The lowest BCUT2D eigenvalue weighted by Gasteiger charge is -2.20. The molecule has 0 radical (unpaired) electrons. The van der Waals surface area contributed by atoms with Gasteiger partial charge in [-0.1, -0.05) is 68.8 Å². The summed E-state index contributed by atoms with van der Waals surface area (Å²) < 4.78 is 11.7. The molecule has 2 aliphatic rings. The predicted molar refractivity (Wildman–Crippen MR) is 158 cm³/mol. The molecule has 1 saturated carbocycles. The van der Waals surface area contributed by atoms with Crippen molar-refractivity contribution < 1.29 is 19.4 Å². The lowest BCUT2D eigenvalue weighted by atomic mass is 9.87. The average Bonchev–Trinajstić information content (AvgIpc) is 3.37. The summed E-state index contributed by atoms with van der Waals surface area (Å²) >= 11 is 5.99. The number of carboxylic acid groups (broad SMARTS) is 1. The molecule has 1 unspecified atom stereocenters. The molecule has 40 heavy (non-hydrogen) atoms. The van der Waals surface area contributed by atoms with Gasteiger partial charge < -0.3 is 19.9 Å². The topological polar surface area (TPSA) is 71.0 Å². The van der Waals surface area contributed by atoms with E-state index in [4.69, 9.17) is 21.1 Å². The molecule has 2 N–H and O–H groups in total. The zero-order valence-electron chi connectivity index (χ0n) is 23.5. The Morgan fingerprint density at radius 3 is 2.15 bits per heavy atom. The fourth-order valence-electron chi connectivity index (χ4n) is 5.60. The van der Waals surface area contributed by atoms with Crippen molar-refractivity contribution >= 4 is 17.6 Å². The van der Waals surface area contributed by atoms with E-state index in [2.05, 4.69) is 43.1 Å². The molecule has 1 saturated heterocycles. The third-order valence-corrected chi connectivity index (χ3v) is 8.21. The van der Waals surface area contributed by atoms with Crippen LogP contribution in [0, 0.1) is 11.8 Å². The van der Waals surface area contributed by atoms with Crippen LogP contribution in [0.15, 0.2) is 72.8 Å². The van der Waals surface area contributed by atoms with Gasteiger partial charge in [0.05, 0.1) is 0 Å². The minimum absolute atomic E-state index is 0.0302. The molecule has 4 atom stereocenters. The van der Waals surface area contributed by atoms with Crippen molar-refractivity contribution in [1.82, 2.24) is 10.2 Å². The Bertz CT molecular complexity index is 1260. The summed E-state index contributed by atoms with van der Waals surface area (Å²) in [6.45, 7) is 11.1. The third kappa shape index (κ3) is 7.36. The van der Waals surface area contributed by atoms with Crippen molar-refractivity contribution in [2.24, 2.45) is 11.8 Å². The second kappa shape index (κ2) is 12.2. The standard InChI is InChI=1S/C33H39ClN2O4/c1-33(2,3)24-8-14-27(15-9-24)40-30(32(37)38)18-22-6-12-26(13-7-22)39-17-16-35-31-28-20-36(21-29(28)31)19-23-4-10-25(34)11-5-23/h4-15,28-31,35H,16-21H2,1-3H3,(H,37,38)/t28-,29?,30+,31+/m0/s1. The van der Waals surface area contributed by atoms with Crippen LogP contribution in [0.5, 0.6) is 11.5 Å². The number of hydrogen-bond donors (Lipinski definition) is 2. The van der Waals surface area contributed by atoms with Gasteiger partial charge in [0.2, 0.25) is 0 Å². The lowest BCUT2D eigenvalue weighted by Crippen LogP contribution is -2.33. The summed E-state index contributed by atoms with van der Waals surface area (Å²) in [6.07, 6.45) is -0.686. The van der Waals surface area contributed by atoms with Gasteiger partial charge in [0.15, 0.2) is 6.10 Å². The highest BCUT2D eigenvalue weighted by Crippen LogP contribution is 2.45. The molecule has 0 spiro atoms. The summed E-state index contributed by atoms with van der Waals surface area (Å²) in [7, 11) is 0. The van der Waals surface area contributed by atoms with Crippen LogP contribution in [0.4, 0.5) is 0 Å². The molecule has 0 amide bonds. The number of rotatable bonds is 12. The van der Waals surface area contributed by atoms with Crippen LogP contribution in [0.2, 0.25) is 5.02 Å². The van der Waals surface area contributed by atoms with Crippen LogP contribution < -0.4 is 14.8 Å². The van der Waals surface area contributed by atoms with Crippen molar-refractivity contribution in [3.63, 3.8) is 0 Å². The van der Waals surface area contributed by atoms with Crippen molar-refractivity contribution in [3.8, 4) is 11.5 Å². The number of nitrogens with one attached hydrogen (secondary N) is 1. The SMILES string of the molecule is CC(C)(C)c1ccc(O[C@H](Cc2ccc(OCCN[C@H]3C4CN(Cc5ccc(Cl)cc5)C[C@@H]43)cc2)C(=O)O)cc1. The van der Waals surface area contributed by atoms with E-state index in [9.17, 15) is 9.90 Å². The van der Waals surface area contributed by atoms with Crippen molar-refractivity contribution in [2.45, 2.75) is 51.3 Å². The number of carboxylic acids is 1. The number of likely N-dealkylation sites (tertiary alicyclic amines) is 1. The first-order chi connectivity index (χ1) is 19.2. The molecule has 1 aliphatic heterocycles. The molecule has 2 fully saturated rings. The van der Waals surface area contributed by atoms with Crippen molar-refractivity contribution in [1.29, 1.82) is 0 Å². The summed E-state index contributed by atoms with van der Waals surface area (Å²) in [5.74, 6) is 1.81. The first-order valence-electron chi connectivity index (χ1n) is 14.1. The van der Waals surface area contributed by atoms with Crippen LogP contribution in [-0.2, 0) is 23.2 Å². The van der Waals surface area contributed by atoms with Gasteiger partial charge in [-0.3, -0.25) is 4.90 Å². The van der Waals surface area contributed by atoms with E-state index in [0.717, 1.165) is 54.4 Å². The number of benzene rings is 3. The average molecular weight is 563 g/mol. The molecule has 6 nitrogen and oxygen atoms in total. The lowest BCUT2D eigenvalue weighted by molar-refractivity contribution is -0.145. The highest BCUT2D eigenvalue weighted by molar-refractivity contribution is 6.30. The molecule has 3 aromatic rings. The normalized spacial score (nSPS) is 21.1. The maximum atomic E-state index is 11.9. The number of hydrogen-bond acceptors (Lipinski definition) is 5. The van der Waals surface area contributed by atoms with Gasteiger partial charge in [-0.25, -0.2) is 4.79 Å². The van der Waals surface area contributed by atoms with E-state index < -0.39 is 12.1 Å². The molecule has 1 aliphatic carbocycles. The second-order valence-electron chi connectivity index (χ2n) is 12.0. The summed E-state index contributed by atoms with van der Waals surface area (Å²) in [4.78, 5) is 14.4. The minimum atomic E-state index is -0.982. The van der Waals surface area contributed by atoms with Gasteiger partial charge >= 0.3 is 5.97 Å². The summed E-state index contributed by atoms with van der Waals surface area (Å²) in [6, 6.07) is 24.0. The van der Waals surface area contributed by atoms with E-state index >= 15 is 0 Å². The Hall–Kier alpha value is -3.06. The largest absolute Gasteiger partial charge is 0.492 e. The van der Waals surface area contributed by atoms with Gasteiger partial charge in [-0.2, -0.15) is 0 Å². The van der Waals surface area contributed by atoms with E-state index in [-0.39, 0.29) is 11.8 Å². The zero-order chi connectivity index (χ0) is 28.3. The Balaban J connectivity index is 1.01. The molecule has 7 heteroatoms. The van der Waals surface area contributed by atoms with E-state index in [1.807, 2.05) is 60.7 Å². The molecular formula is C33H39ClN2O4. The van der Waals surface area contributed by atoms with Crippen LogP contribution >= 0.6 is 11.6 Å². The zero-order valence-corrected chi connectivity index (χ0v) is 24.2.